The molecule has 1 aliphatic rings. The van der Waals surface area contributed by atoms with E-state index in [2.05, 4.69) is 4.98 Å². The van der Waals surface area contributed by atoms with E-state index in [9.17, 15) is 14.7 Å². The summed E-state index contributed by atoms with van der Waals surface area (Å²) >= 11 is 0. The molecular formula is C27H26N2O5. The second-order valence-corrected chi connectivity index (χ2v) is 8.01. The summed E-state index contributed by atoms with van der Waals surface area (Å²) in [6.45, 7) is 2.93. The molecule has 4 rings (SSSR count). The number of carbonyl (C=O) groups excluding carboxylic acids is 2. The first-order valence-electron chi connectivity index (χ1n) is 11.0. The van der Waals surface area contributed by atoms with Crippen LogP contribution in [0.1, 0.15) is 28.3 Å². The molecule has 1 aliphatic heterocycles. The molecule has 1 saturated heterocycles. The van der Waals surface area contributed by atoms with Crippen molar-refractivity contribution < 1.29 is 24.2 Å². The van der Waals surface area contributed by atoms with Crippen LogP contribution in [-0.4, -0.2) is 46.9 Å². The Morgan fingerprint density at radius 1 is 1.03 bits per heavy atom. The molecule has 3 aromatic rings. The zero-order valence-electron chi connectivity index (χ0n) is 19.1. The monoisotopic (exact) mass is 458 g/mol. The minimum Gasteiger partial charge on any atom is -0.507 e. The van der Waals surface area contributed by atoms with Gasteiger partial charge in [0, 0.05) is 31.6 Å². The Bertz CT molecular complexity index is 1210. The molecule has 34 heavy (non-hydrogen) atoms. The summed E-state index contributed by atoms with van der Waals surface area (Å²) in [6.07, 6.45) is 3.18. The van der Waals surface area contributed by atoms with Crippen molar-refractivity contribution >= 4 is 17.4 Å². The van der Waals surface area contributed by atoms with Crippen molar-refractivity contribution in [3.63, 3.8) is 0 Å². The number of hydrogen-bond acceptors (Lipinski definition) is 6. The molecule has 1 N–H and O–H groups in total. The maximum absolute atomic E-state index is 12.9. The summed E-state index contributed by atoms with van der Waals surface area (Å²) in [4.78, 5) is 31.2. The third kappa shape index (κ3) is 4.70. The Hall–Kier alpha value is -3.97. The summed E-state index contributed by atoms with van der Waals surface area (Å²) in [7, 11) is 1.53. The number of pyridine rings is 1. The summed E-state index contributed by atoms with van der Waals surface area (Å²) in [5.74, 6) is -0.995. The Morgan fingerprint density at radius 2 is 1.74 bits per heavy atom. The van der Waals surface area contributed by atoms with Gasteiger partial charge in [0.2, 0.25) is 0 Å². The number of rotatable bonds is 8. The molecule has 2 aromatic carbocycles. The molecule has 0 aliphatic carbocycles. The van der Waals surface area contributed by atoms with E-state index in [1.54, 1.807) is 48.8 Å². The van der Waals surface area contributed by atoms with E-state index < -0.39 is 17.7 Å². The maximum atomic E-state index is 12.9. The molecule has 1 aromatic heterocycles. The Balaban J connectivity index is 1.63. The first kappa shape index (κ1) is 23.2. The predicted molar refractivity (Wildman–Crippen MR) is 127 cm³/mol. The average Bonchev–Trinajstić information content (AvgIpc) is 3.12. The van der Waals surface area contributed by atoms with E-state index in [4.69, 9.17) is 9.47 Å². The van der Waals surface area contributed by atoms with Gasteiger partial charge in [-0.1, -0.05) is 24.3 Å². The summed E-state index contributed by atoms with van der Waals surface area (Å²) in [6, 6.07) is 17.5. The molecular weight excluding hydrogens is 432 g/mol. The number of hydrogen-bond donors (Lipinski definition) is 1. The maximum Gasteiger partial charge on any atom is 0.295 e. The number of Topliss-reactive ketones (excluding diaryl/α,β-unsaturated/α-hetero) is 1. The largest absolute Gasteiger partial charge is 0.507 e. The number of ketones is 1. The molecule has 1 fully saturated rings. The lowest BCUT2D eigenvalue weighted by Gasteiger charge is -2.24. The molecule has 0 radical (unpaired) electrons. The van der Waals surface area contributed by atoms with Gasteiger partial charge in [-0.05, 0) is 60.0 Å². The van der Waals surface area contributed by atoms with Gasteiger partial charge in [-0.3, -0.25) is 14.6 Å². The van der Waals surface area contributed by atoms with Gasteiger partial charge in [0.25, 0.3) is 11.7 Å². The number of ether oxygens (including phenoxy) is 2. The van der Waals surface area contributed by atoms with Gasteiger partial charge in [0.15, 0.2) is 0 Å². The fraction of sp³-hybridized carbons (Fsp3) is 0.222. The van der Waals surface area contributed by atoms with E-state index in [0.717, 1.165) is 11.1 Å². The zero-order chi connectivity index (χ0) is 24.1. The van der Waals surface area contributed by atoms with E-state index in [1.807, 2.05) is 31.2 Å². The van der Waals surface area contributed by atoms with Crippen LogP contribution >= 0.6 is 0 Å². The minimum absolute atomic E-state index is 0.0425. The van der Waals surface area contributed by atoms with Gasteiger partial charge in [-0.15, -0.1) is 0 Å². The van der Waals surface area contributed by atoms with E-state index in [-0.39, 0.29) is 24.5 Å². The van der Waals surface area contributed by atoms with Crippen LogP contribution < -0.4 is 4.74 Å². The molecule has 7 heteroatoms. The van der Waals surface area contributed by atoms with Crippen LogP contribution in [0.5, 0.6) is 5.75 Å². The van der Waals surface area contributed by atoms with Crippen LogP contribution in [0.2, 0.25) is 0 Å². The van der Waals surface area contributed by atoms with Gasteiger partial charge in [0.05, 0.1) is 18.2 Å². The highest BCUT2D eigenvalue weighted by Gasteiger charge is 2.45. The standard InChI is InChI=1S/C27H26N2O5/c1-18-5-3-4-6-21(18)17-34-22-9-7-20(8-10-22)25(30)23-24(19-11-13-28-14-12-19)29(15-16-33-2)27(32)26(23)31/h3-14,24,30H,15-17H2,1-2H3/b25-23+/t24-/m1/s1. The van der Waals surface area contributed by atoms with Crippen LogP contribution in [0.15, 0.2) is 78.6 Å². The van der Waals surface area contributed by atoms with Crippen LogP contribution in [-0.2, 0) is 20.9 Å². The highest BCUT2D eigenvalue weighted by Crippen LogP contribution is 2.39. The molecule has 0 spiro atoms. The lowest BCUT2D eigenvalue weighted by atomic mass is 9.96. The molecule has 0 saturated carbocycles. The van der Waals surface area contributed by atoms with Crippen LogP contribution in [0.3, 0.4) is 0 Å². The lowest BCUT2D eigenvalue weighted by molar-refractivity contribution is -0.140. The third-order valence-electron chi connectivity index (χ3n) is 5.88. The van der Waals surface area contributed by atoms with Gasteiger partial charge in [-0.25, -0.2) is 0 Å². The topological polar surface area (TPSA) is 89.0 Å². The number of aliphatic hydroxyl groups excluding tert-OH is 1. The fourth-order valence-electron chi connectivity index (χ4n) is 3.99. The number of carbonyl (C=O) groups is 2. The molecule has 7 nitrogen and oxygen atoms in total. The van der Waals surface area contributed by atoms with Gasteiger partial charge < -0.3 is 19.5 Å². The highest BCUT2D eigenvalue weighted by atomic mass is 16.5. The number of aliphatic hydroxyl groups is 1. The van der Waals surface area contributed by atoms with Crippen molar-refractivity contribution in [2.24, 2.45) is 0 Å². The average molecular weight is 459 g/mol. The first-order chi connectivity index (χ1) is 16.5. The number of likely N-dealkylation sites (tertiary alicyclic amines) is 1. The Labute approximate surface area is 198 Å². The zero-order valence-corrected chi connectivity index (χ0v) is 19.1. The number of aryl methyl sites for hydroxylation is 1. The van der Waals surface area contributed by atoms with Gasteiger partial charge >= 0.3 is 0 Å². The lowest BCUT2D eigenvalue weighted by Crippen LogP contribution is -2.32. The number of amides is 1. The SMILES string of the molecule is COCCN1C(=O)C(=O)/C(=C(/O)c2ccc(OCc3ccccc3C)cc2)[C@H]1c1ccncc1. The van der Waals surface area contributed by atoms with Crippen molar-refractivity contribution in [2.45, 2.75) is 19.6 Å². The van der Waals surface area contributed by atoms with E-state index in [1.165, 1.54) is 12.0 Å². The summed E-state index contributed by atoms with van der Waals surface area (Å²) < 4.78 is 11.0. The number of nitrogens with zero attached hydrogens (tertiary/aromatic N) is 2. The quantitative estimate of drug-likeness (QED) is 0.311. The predicted octanol–water partition coefficient (Wildman–Crippen LogP) is 4.04. The van der Waals surface area contributed by atoms with Crippen LogP contribution in [0.4, 0.5) is 0 Å². The molecule has 0 unspecified atom stereocenters. The van der Waals surface area contributed by atoms with Crippen LogP contribution in [0, 0.1) is 6.92 Å². The molecule has 174 valence electrons. The van der Waals surface area contributed by atoms with Crippen molar-refractivity contribution in [1.82, 2.24) is 9.88 Å². The van der Waals surface area contributed by atoms with E-state index in [0.29, 0.717) is 23.5 Å². The summed E-state index contributed by atoms with van der Waals surface area (Å²) in [5, 5.41) is 11.1. The Morgan fingerprint density at radius 3 is 2.41 bits per heavy atom. The normalized spacial score (nSPS) is 17.2. The number of benzene rings is 2. The second-order valence-electron chi connectivity index (χ2n) is 8.01. The molecule has 1 atom stereocenters. The van der Waals surface area contributed by atoms with E-state index >= 15 is 0 Å². The smallest absolute Gasteiger partial charge is 0.295 e. The minimum atomic E-state index is -0.727. The van der Waals surface area contributed by atoms with Crippen molar-refractivity contribution in [3.05, 3.63) is 101 Å². The Kier molecular flexibility index (Phi) is 7.04. The van der Waals surface area contributed by atoms with Crippen molar-refractivity contribution in [2.75, 3.05) is 20.3 Å². The fourth-order valence-corrected chi connectivity index (χ4v) is 3.99. The van der Waals surface area contributed by atoms with Gasteiger partial charge in [0.1, 0.15) is 18.1 Å². The second kappa shape index (κ2) is 10.3. The number of methoxy groups -OCH3 is 1. The highest BCUT2D eigenvalue weighted by molar-refractivity contribution is 6.46. The van der Waals surface area contributed by atoms with Gasteiger partial charge in [-0.2, -0.15) is 0 Å². The molecule has 2 heterocycles. The summed E-state index contributed by atoms with van der Waals surface area (Å²) in [5.41, 5.74) is 3.38. The first-order valence-corrected chi connectivity index (χ1v) is 11.0. The van der Waals surface area contributed by atoms with Crippen molar-refractivity contribution in [3.8, 4) is 5.75 Å². The molecule has 0 bridgehead atoms. The number of aromatic nitrogens is 1. The third-order valence-corrected chi connectivity index (χ3v) is 5.88. The molecule has 1 amide bonds. The van der Waals surface area contributed by atoms with Crippen LogP contribution in [0.25, 0.3) is 5.76 Å². The van der Waals surface area contributed by atoms with Crippen molar-refractivity contribution in [1.29, 1.82) is 0 Å².